The van der Waals surface area contributed by atoms with Crippen molar-refractivity contribution in [3.05, 3.63) is 54.6 Å². The number of hydrogen-bond donors (Lipinski definition) is 0. The van der Waals surface area contributed by atoms with Crippen molar-refractivity contribution in [2.45, 2.75) is 12.8 Å². The Morgan fingerprint density at radius 1 is 0.808 bits per heavy atom. The van der Waals surface area contributed by atoms with Gasteiger partial charge in [-0.1, -0.05) is 30.4 Å². The number of para-hydroxylation sites is 1. The van der Waals surface area contributed by atoms with E-state index in [1.165, 1.54) is 4.90 Å². The number of furan rings is 1. The van der Waals surface area contributed by atoms with E-state index < -0.39 is 0 Å². The molecule has 2 heterocycles. The second-order valence-electron chi connectivity index (χ2n) is 7.63. The molecule has 2 fully saturated rings. The molecule has 128 valence electrons. The summed E-state index contributed by atoms with van der Waals surface area (Å²) in [4.78, 5) is 27.6. The molecule has 7 rings (SSSR count). The van der Waals surface area contributed by atoms with Crippen LogP contribution in [0.5, 0.6) is 0 Å². The topological polar surface area (TPSA) is 50.5 Å². The molecule has 1 aromatic heterocycles. The molecule has 4 atom stereocenters. The Hall–Kier alpha value is -2.88. The number of rotatable bonds is 1. The lowest BCUT2D eigenvalue weighted by molar-refractivity contribution is -0.124. The molecule has 4 nitrogen and oxygen atoms in total. The van der Waals surface area contributed by atoms with Gasteiger partial charge in [0.05, 0.1) is 17.5 Å². The van der Waals surface area contributed by atoms with E-state index in [9.17, 15) is 9.59 Å². The molecular formula is C22H17NO3. The third-order valence-corrected chi connectivity index (χ3v) is 6.38. The van der Waals surface area contributed by atoms with Crippen LogP contribution in [0.15, 0.2) is 59.0 Å². The molecule has 2 amide bonds. The first kappa shape index (κ1) is 14.3. The highest BCUT2D eigenvalue weighted by Crippen LogP contribution is 2.50. The van der Waals surface area contributed by atoms with Crippen LogP contribution in [0.4, 0.5) is 5.69 Å². The summed E-state index contributed by atoms with van der Waals surface area (Å²) in [7, 11) is 0. The summed E-state index contributed by atoms with van der Waals surface area (Å²) >= 11 is 0. The standard InChI is InChI=1S/C22H17NO3/c24-21-19-12-5-6-13(8-7-12)20(19)22(25)23(21)14-9-10-16-15-3-1-2-4-17(15)26-18(16)11-14/h1-6,9-13,19-20H,7-8H2. The number of fused-ring (bicyclic) bond motifs is 4. The smallest absolute Gasteiger partial charge is 0.238 e. The van der Waals surface area contributed by atoms with Crippen LogP contribution in [0.25, 0.3) is 21.9 Å². The van der Waals surface area contributed by atoms with E-state index in [0.29, 0.717) is 11.3 Å². The van der Waals surface area contributed by atoms with Crippen LogP contribution >= 0.6 is 0 Å². The van der Waals surface area contributed by atoms with E-state index in [0.717, 1.165) is 29.2 Å². The molecule has 2 bridgehead atoms. The van der Waals surface area contributed by atoms with Crippen LogP contribution in [0.1, 0.15) is 12.8 Å². The zero-order valence-corrected chi connectivity index (χ0v) is 14.1. The molecule has 2 aromatic carbocycles. The van der Waals surface area contributed by atoms with Crippen LogP contribution in [0.2, 0.25) is 0 Å². The number of benzene rings is 2. The van der Waals surface area contributed by atoms with Crippen molar-refractivity contribution in [2.24, 2.45) is 23.7 Å². The number of imide groups is 1. The fourth-order valence-electron chi connectivity index (χ4n) is 5.18. The third-order valence-electron chi connectivity index (χ3n) is 6.38. The minimum absolute atomic E-state index is 0.0467. The maximum atomic E-state index is 13.1. The summed E-state index contributed by atoms with van der Waals surface area (Å²) in [6.07, 6.45) is 6.31. The number of allylic oxidation sites excluding steroid dienone is 2. The van der Waals surface area contributed by atoms with Crippen LogP contribution in [0.3, 0.4) is 0 Å². The molecule has 0 N–H and O–H groups in total. The molecule has 26 heavy (non-hydrogen) atoms. The van der Waals surface area contributed by atoms with Gasteiger partial charge >= 0.3 is 0 Å². The Morgan fingerprint density at radius 3 is 2.15 bits per heavy atom. The average Bonchev–Trinajstić information content (AvgIpc) is 3.18. The van der Waals surface area contributed by atoms with Crippen molar-refractivity contribution < 1.29 is 14.0 Å². The Bertz CT molecular complexity index is 1090. The minimum atomic E-state index is -0.183. The van der Waals surface area contributed by atoms with E-state index in [1.54, 1.807) is 0 Å². The van der Waals surface area contributed by atoms with Gasteiger partial charge in [0.15, 0.2) is 0 Å². The first-order chi connectivity index (χ1) is 12.7. The van der Waals surface area contributed by atoms with Gasteiger partial charge in [-0.25, -0.2) is 4.90 Å². The number of anilines is 1. The van der Waals surface area contributed by atoms with Crippen LogP contribution in [0, 0.1) is 23.7 Å². The highest BCUT2D eigenvalue weighted by Gasteiger charge is 2.56. The van der Waals surface area contributed by atoms with E-state index in [4.69, 9.17) is 4.42 Å². The van der Waals surface area contributed by atoms with Gasteiger partial charge in [0.25, 0.3) is 0 Å². The highest BCUT2D eigenvalue weighted by atomic mass is 16.3. The van der Waals surface area contributed by atoms with Gasteiger partial charge in [0.1, 0.15) is 11.2 Å². The quantitative estimate of drug-likeness (QED) is 0.489. The summed E-state index contributed by atoms with van der Waals surface area (Å²) < 4.78 is 5.93. The molecule has 1 saturated heterocycles. The molecule has 3 aliphatic carbocycles. The lowest BCUT2D eigenvalue weighted by atomic mass is 9.63. The lowest BCUT2D eigenvalue weighted by Gasteiger charge is -2.38. The fourth-order valence-corrected chi connectivity index (χ4v) is 5.18. The fraction of sp³-hybridized carbons (Fsp3) is 0.273. The Balaban J connectivity index is 1.48. The molecule has 4 heteroatoms. The number of hydrogen-bond acceptors (Lipinski definition) is 3. The van der Waals surface area contributed by atoms with E-state index >= 15 is 0 Å². The zero-order valence-electron chi connectivity index (χ0n) is 14.1. The van der Waals surface area contributed by atoms with Gasteiger partial charge in [-0.3, -0.25) is 9.59 Å². The average molecular weight is 343 g/mol. The third kappa shape index (κ3) is 1.69. The van der Waals surface area contributed by atoms with Crippen molar-refractivity contribution in [1.29, 1.82) is 0 Å². The van der Waals surface area contributed by atoms with Crippen molar-refractivity contribution in [2.75, 3.05) is 4.90 Å². The minimum Gasteiger partial charge on any atom is -0.456 e. The van der Waals surface area contributed by atoms with Gasteiger partial charge in [-0.15, -0.1) is 0 Å². The normalized spacial score (nSPS) is 29.9. The maximum Gasteiger partial charge on any atom is 0.238 e. The van der Waals surface area contributed by atoms with Gasteiger partial charge in [0.2, 0.25) is 11.8 Å². The molecule has 1 saturated carbocycles. The molecular weight excluding hydrogens is 326 g/mol. The second-order valence-corrected chi connectivity index (χ2v) is 7.63. The molecule has 4 aliphatic rings. The number of nitrogens with zero attached hydrogens (tertiary/aromatic N) is 1. The van der Waals surface area contributed by atoms with Gasteiger partial charge in [-0.05, 0) is 42.9 Å². The summed E-state index contributed by atoms with van der Waals surface area (Å²) in [5.41, 5.74) is 2.15. The van der Waals surface area contributed by atoms with Gasteiger partial charge < -0.3 is 4.42 Å². The van der Waals surface area contributed by atoms with Crippen molar-refractivity contribution in [1.82, 2.24) is 0 Å². The monoisotopic (exact) mass is 343 g/mol. The highest BCUT2D eigenvalue weighted by molar-refractivity contribution is 6.23. The lowest BCUT2D eigenvalue weighted by Crippen LogP contribution is -2.38. The van der Waals surface area contributed by atoms with Crippen LogP contribution in [-0.4, -0.2) is 11.8 Å². The Kier molecular flexibility index (Phi) is 2.67. The van der Waals surface area contributed by atoms with Crippen LogP contribution in [-0.2, 0) is 9.59 Å². The number of carbonyl (C=O) groups is 2. The maximum absolute atomic E-state index is 13.1. The molecule has 4 unspecified atom stereocenters. The van der Waals surface area contributed by atoms with E-state index in [2.05, 4.69) is 12.2 Å². The number of carbonyl (C=O) groups excluding carboxylic acids is 2. The van der Waals surface area contributed by atoms with Crippen LogP contribution < -0.4 is 4.90 Å². The van der Waals surface area contributed by atoms with Crippen molar-refractivity contribution in [3.8, 4) is 0 Å². The summed E-state index contributed by atoms with van der Waals surface area (Å²) in [6, 6.07) is 13.5. The number of amides is 2. The largest absolute Gasteiger partial charge is 0.456 e. The molecule has 0 radical (unpaired) electrons. The molecule has 1 aliphatic heterocycles. The first-order valence-electron chi connectivity index (χ1n) is 9.20. The van der Waals surface area contributed by atoms with Gasteiger partial charge in [0, 0.05) is 16.8 Å². The summed E-state index contributed by atoms with van der Waals surface area (Å²) in [5, 5.41) is 2.05. The summed E-state index contributed by atoms with van der Waals surface area (Å²) in [5.74, 6) is -0.0398. The van der Waals surface area contributed by atoms with Crippen molar-refractivity contribution >= 4 is 39.4 Å². The van der Waals surface area contributed by atoms with Crippen molar-refractivity contribution in [3.63, 3.8) is 0 Å². The predicted octanol–water partition coefficient (Wildman–Crippen LogP) is 4.29. The summed E-state index contributed by atoms with van der Waals surface area (Å²) in [6.45, 7) is 0. The molecule has 0 spiro atoms. The van der Waals surface area contributed by atoms with E-state index in [-0.39, 0.29) is 35.5 Å². The Morgan fingerprint density at radius 2 is 1.46 bits per heavy atom. The Labute approximate surface area is 150 Å². The SMILES string of the molecule is O=C1C2C3C=CC(CC3)C2C(=O)N1c1ccc2c(c1)oc1ccccc12. The zero-order chi connectivity index (χ0) is 17.4. The second kappa shape index (κ2) is 4.85. The molecule has 3 aromatic rings. The predicted molar refractivity (Wildman–Crippen MR) is 98.5 cm³/mol. The first-order valence-corrected chi connectivity index (χ1v) is 9.20. The van der Waals surface area contributed by atoms with E-state index in [1.807, 2.05) is 42.5 Å². The van der Waals surface area contributed by atoms with Gasteiger partial charge in [-0.2, -0.15) is 0 Å².